The summed E-state index contributed by atoms with van der Waals surface area (Å²) in [6.45, 7) is 0.639. The van der Waals surface area contributed by atoms with Crippen molar-refractivity contribution in [1.29, 1.82) is 0 Å². The van der Waals surface area contributed by atoms with Crippen LogP contribution >= 0.6 is 46.1 Å². The molecular weight excluding hydrogens is 409 g/mol. The lowest BCUT2D eigenvalue weighted by atomic mass is 9.94. The van der Waals surface area contributed by atoms with E-state index in [0.717, 1.165) is 16.9 Å². The van der Waals surface area contributed by atoms with E-state index in [4.69, 9.17) is 34.8 Å². The smallest absolute Gasteiger partial charge is 0.254 e. The number of nitrogens with zero attached hydrogens (tertiary/aromatic N) is 1. The number of carbonyl (C=O) groups is 1. The number of halogens is 3. The van der Waals surface area contributed by atoms with Crippen LogP contribution in [0.5, 0.6) is 0 Å². The normalized spacial score (nSPS) is 16.4. The molecule has 0 fully saturated rings. The summed E-state index contributed by atoms with van der Waals surface area (Å²) in [5.41, 5.74) is 2.82. The highest BCUT2D eigenvalue weighted by Crippen LogP contribution is 2.40. The lowest BCUT2D eigenvalue weighted by Crippen LogP contribution is -2.40. The molecule has 4 rings (SSSR count). The molecule has 1 amide bonds. The minimum Gasteiger partial charge on any atom is -0.326 e. The molecule has 0 spiro atoms. The van der Waals surface area contributed by atoms with Crippen LogP contribution in [0, 0.1) is 0 Å². The first-order valence-corrected chi connectivity index (χ1v) is 10.1. The Morgan fingerprint density at radius 2 is 1.65 bits per heavy atom. The van der Waals surface area contributed by atoms with E-state index in [9.17, 15) is 4.79 Å². The second-order valence-corrected chi connectivity index (χ2v) is 8.43. The number of thiophene rings is 1. The number of rotatable bonds is 2. The number of fused-ring (bicyclic) bond motifs is 1. The van der Waals surface area contributed by atoms with E-state index in [0.29, 0.717) is 27.2 Å². The van der Waals surface area contributed by atoms with Gasteiger partial charge >= 0.3 is 0 Å². The van der Waals surface area contributed by atoms with Crippen LogP contribution in [0.4, 0.5) is 0 Å². The fraction of sp³-hybridized carbons (Fsp3) is 0.150. The van der Waals surface area contributed by atoms with Gasteiger partial charge in [0.1, 0.15) is 0 Å². The number of benzene rings is 2. The molecule has 6 heteroatoms. The van der Waals surface area contributed by atoms with E-state index in [1.54, 1.807) is 41.7 Å². The van der Waals surface area contributed by atoms with Crippen molar-refractivity contribution in [2.45, 2.75) is 12.5 Å². The Labute approximate surface area is 170 Å². The first-order chi connectivity index (χ1) is 12.5. The SMILES string of the molecule is O=C(c1ccc(Cl)cc1)N1CCc2ccsc2C1c1cc(Cl)cc(Cl)c1. The van der Waals surface area contributed by atoms with Crippen molar-refractivity contribution in [1.82, 2.24) is 4.90 Å². The summed E-state index contributed by atoms with van der Waals surface area (Å²) in [4.78, 5) is 16.3. The number of hydrogen-bond donors (Lipinski definition) is 0. The Kier molecular flexibility index (Phi) is 4.98. The summed E-state index contributed by atoms with van der Waals surface area (Å²) in [7, 11) is 0. The van der Waals surface area contributed by atoms with Crippen molar-refractivity contribution in [3.05, 3.63) is 90.5 Å². The molecule has 2 nitrogen and oxygen atoms in total. The number of carbonyl (C=O) groups excluding carboxylic acids is 1. The zero-order chi connectivity index (χ0) is 18.3. The highest BCUT2D eigenvalue weighted by molar-refractivity contribution is 7.10. The van der Waals surface area contributed by atoms with Crippen molar-refractivity contribution in [2.24, 2.45) is 0 Å². The van der Waals surface area contributed by atoms with E-state index in [1.807, 2.05) is 17.0 Å². The molecule has 0 saturated heterocycles. The van der Waals surface area contributed by atoms with E-state index >= 15 is 0 Å². The molecular formula is C20H14Cl3NOS. The largest absolute Gasteiger partial charge is 0.326 e. The molecule has 0 saturated carbocycles. The van der Waals surface area contributed by atoms with Crippen LogP contribution in [0.3, 0.4) is 0 Å². The van der Waals surface area contributed by atoms with Crippen LogP contribution in [0.2, 0.25) is 15.1 Å². The molecule has 1 aromatic heterocycles. The predicted molar refractivity (Wildman–Crippen MR) is 109 cm³/mol. The molecule has 1 aliphatic heterocycles. The lowest BCUT2D eigenvalue weighted by molar-refractivity contribution is 0.0698. The lowest BCUT2D eigenvalue weighted by Gasteiger charge is -2.36. The van der Waals surface area contributed by atoms with Gasteiger partial charge in [0.2, 0.25) is 0 Å². The van der Waals surface area contributed by atoms with E-state index in [2.05, 4.69) is 11.4 Å². The molecule has 1 aliphatic rings. The van der Waals surface area contributed by atoms with Crippen LogP contribution in [0.25, 0.3) is 0 Å². The zero-order valence-corrected chi connectivity index (χ0v) is 16.7. The maximum Gasteiger partial charge on any atom is 0.254 e. The second-order valence-electron chi connectivity index (χ2n) is 6.17. The van der Waals surface area contributed by atoms with Gasteiger partial charge in [-0.1, -0.05) is 34.8 Å². The van der Waals surface area contributed by atoms with Crippen LogP contribution in [0.1, 0.15) is 32.4 Å². The fourth-order valence-electron chi connectivity index (χ4n) is 3.35. The maximum absolute atomic E-state index is 13.2. The molecule has 26 heavy (non-hydrogen) atoms. The number of hydrogen-bond acceptors (Lipinski definition) is 2. The van der Waals surface area contributed by atoms with Gasteiger partial charge in [-0.15, -0.1) is 11.3 Å². The second kappa shape index (κ2) is 7.24. The molecule has 1 unspecified atom stereocenters. The summed E-state index contributed by atoms with van der Waals surface area (Å²) in [5, 5.41) is 3.81. The summed E-state index contributed by atoms with van der Waals surface area (Å²) in [6, 6.07) is 14.4. The first-order valence-electron chi connectivity index (χ1n) is 8.12. The topological polar surface area (TPSA) is 20.3 Å². The molecule has 3 aromatic rings. The summed E-state index contributed by atoms with van der Waals surface area (Å²) in [5.74, 6) is -0.0261. The molecule has 0 N–H and O–H groups in total. The van der Waals surface area contributed by atoms with Crippen molar-refractivity contribution in [3.8, 4) is 0 Å². The Morgan fingerprint density at radius 3 is 2.35 bits per heavy atom. The van der Waals surface area contributed by atoms with E-state index in [1.165, 1.54) is 5.56 Å². The summed E-state index contributed by atoms with van der Waals surface area (Å²) < 4.78 is 0. The predicted octanol–water partition coefficient (Wildman–Crippen LogP) is 6.50. The maximum atomic E-state index is 13.2. The molecule has 2 aromatic carbocycles. The van der Waals surface area contributed by atoms with Crippen LogP contribution in [0.15, 0.2) is 53.9 Å². The minimum atomic E-state index is -0.196. The van der Waals surface area contributed by atoms with Crippen molar-refractivity contribution < 1.29 is 4.79 Å². The molecule has 2 heterocycles. The standard InChI is InChI=1S/C20H14Cl3NOS/c21-15-3-1-13(2-4-15)20(25)24-7-5-12-6-8-26-19(12)18(24)14-9-16(22)11-17(23)10-14/h1-4,6,8-11,18H,5,7H2. The Hall–Kier alpha value is -1.52. The highest BCUT2D eigenvalue weighted by Gasteiger charge is 2.33. The number of amides is 1. The average Bonchev–Trinajstić information content (AvgIpc) is 3.08. The minimum absolute atomic E-state index is 0.0261. The Morgan fingerprint density at radius 1 is 0.962 bits per heavy atom. The van der Waals surface area contributed by atoms with Crippen LogP contribution in [-0.2, 0) is 6.42 Å². The Bertz CT molecular complexity index is 947. The molecule has 132 valence electrons. The first kappa shape index (κ1) is 17.9. The van der Waals surface area contributed by atoms with Crippen molar-refractivity contribution in [3.63, 3.8) is 0 Å². The van der Waals surface area contributed by atoms with Gasteiger partial charge in [-0.3, -0.25) is 4.79 Å². The van der Waals surface area contributed by atoms with Crippen molar-refractivity contribution in [2.75, 3.05) is 6.54 Å². The molecule has 0 radical (unpaired) electrons. The highest BCUT2D eigenvalue weighted by atomic mass is 35.5. The van der Waals surface area contributed by atoms with Crippen molar-refractivity contribution >= 4 is 52.0 Å². The van der Waals surface area contributed by atoms with Crippen LogP contribution < -0.4 is 0 Å². The van der Waals surface area contributed by atoms with Gasteiger partial charge in [0.25, 0.3) is 5.91 Å². The fourth-order valence-corrected chi connectivity index (χ4v) is 5.11. The van der Waals surface area contributed by atoms with Gasteiger partial charge in [0.15, 0.2) is 0 Å². The average molecular weight is 423 g/mol. The van der Waals surface area contributed by atoms with Gasteiger partial charge in [0.05, 0.1) is 6.04 Å². The molecule has 1 atom stereocenters. The summed E-state index contributed by atoms with van der Waals surface area (Å²) in [6.07, 6.45) is 0.836. The van der Waals surface area contributed by atoms with Gasteiger partial charge in [-0.25, -0.2) is 0 Å². The van der Waals surface area contributed by atoms with E-state index < -0.39 is 0 Å². The van der Waals surface area contributed by atoms with Crippen LogP contribution in [-0.4, -0.2) is 17.4 Å². The molecule has 0 aliphatic carbocycles. The van der Waals surface area contributed by atoms with Gasteiger partial charge in [-0.05, 0) is 71.5 Å². The zero-order valence-electron chi connectivity index (χ0n) is 13.6. The molecule has 0 bridgehead atoms. The third kappa shape index (κ3) is 3.37. The van der Waals surface area contributed by atoms with Gasteiger partial charge in [-0.2, -0.15) is 0 Å². The Balaban J connectivity index is 1.80. The third-order valence-corrected chi connectivity index (χ3v) is 6.22. The van der Waals surface area contributed by atoms with Gasteiger partial charge < -0.3 is 4.90 Å². The quantitative estimate of drug-likeness (QED) is 0.462. The third-order valence-electron chi connectivity index (χ3n) is 4.52. The van der Waals surface area contributed by atoms with Gasteiger partial charge in [0, 0.05) is 32.1 Å². The monoisotopic (exact) mass is 421 g/mol. The van der Waals surface area contributed by atoms with E-state index in [-0.39, 0.29) is 11.9 Å². The summed E-state index contributed by atoms with van der Waals surface area (Å²) >= 11 is 20.1.